The van der Waals surface area contributed by atoms with E-state index < -0.39 is 53.2 Å². The molecule has 0 saturated heterocycles. The van der Waals surface area contributed by atoms with E-state index in [2.05, 4.69) is 15.3 Å². The minimum atomic E-state index is -1.88. The van der Waals surface area contributed by atoms with Gasteiger partial charge >= 0.3 is 11.9 Å². The van der Waals surface area contributed by atoms with Gasteiger partial charge in [0, 0.05) is 5.92 Å². The zero-order valence-electron chi connectivity index (χ0n) is 22.0. The number of rotatable bonds is 12. The largest absolute Gasteiger partial charge is 0.473 e. The van der Waals surface area contributed by atoms with Crippen molar-refractivity contribution >= 4 is 34.8 Å². The van der Waals surface area contributed by atoms with Gasteiger partial charge in [-0.05, 0) is 69.4 Å². The van der Waals surface area contributed by atoms with Crippen LogP contribution in [0.1, 0.15) is 49.2 Å². The Bertz CT molecular complexity index is 1390. The third-order valence-corrected chi connectivity index (χ3v) is 6.25. The third kappa shape index (κ3) is 8.80. The lowest BCUT2D eigenvalue weighted by atomic mass is 9.87. The number of nitrogens with one attached hydrogen (secondary N) is 1. The van der Waals surface area contributed by atoms with Crippen LogP contribution in [-0.2, 0) is 25.5 Å². The number of carboxylic acid groups (broad SMARTS) is 1. The number of halogens is 1. The molecule has 212 valence electrons. The van der Waals surface area contributed by atoms with E-state index in [1.807, 2.05) is 0 Å². The first kappa shape index (κ1) is 30.1. The van der Waals surface area contributed by atoms with E-state index in [1.54, 1.807) is 44.2 Å². The number of hydrogen-bond donors (Lipinski definition) is 4. The number of fused-ring (bicyclic) bond motifs is 1. The Labute approximate surface area is 229 Å². The molecule has 11 nitrogen and oxygen atoms in total. The van der Waals surface area contributed by atoms with Crippen molar-refractivity contribution in [2.75, 3.05) is 0 Å². The van der Waals surface area contributed by atoms with Crippen molar-refractivity contribution in [2.45, 2.75) is 57.3 Å². The lowest BCUT2D eigenvalue weighted by molar-refractivity contribution is -0.169. The Balaban J connectivity index is 1.98. The predicted octanol–water partition coefficient (Wildman–Crippen LogP) is 2.15. The van der Waals surface area contributed by atoms with Crippen LogP contribution in [0, 0.1) is 11.7 Å². The highest BCUT2D eigenvalue weighted by molar-refractivity contribution is 6.28. The summed E-state index contributed by atoms with van der Waals surface area (Å²) >= 11 is 0. The number of carbonyl (C=O) groups is 4. The molecular formula is C28H31FN4O7. The summed E-state index contributed by atoms with van der Waals surface area (Å²) in [6, 6.07) is 11.2. The number of para-hydroxylation sites is 2. The van der Waals surface area contributed by atoms with E-state index in [9.17, 15) is 33.8 Å². The van der Waals surface area contributed by atoms with Crippen LogP contribution in [0.25, 0.3) is 11.0 Å². The molecule has 0 radical (unpaired) electrons. The van der Waals surface area contributed by atoms with E-state index in [0.717, 1.165) is 0 Å². The van der Waals surface area contributed by atoms with Crippen LogP contribution in [-0.4, -0.2) is 61.7 Å². The van der Waals surface area contributed by atoms with E-state index in [1.165, 1.54) is 24.4 Å². The molecule has 3 rings (SSSR count). The molecule has 0 aliphatic rings. The summed E-state index contributed by atoms with van der Waals surface area (Å²) in [6.07, 6.45) is -0.230. The molecule has 12 heteroatoms. The number of aliphatic carboxylic acids is 1. The maximum Gasteiger partial charge on any atom is 0.417 e. The van der Waals surface area contributed by atoms with Crippen LogP contribution in [0.5, 0.6) is 0 Å². The molecule has 1 aromatic heterocycles. The second-order valence-corrected chi connectivity index (χ2v) is 10.1. The fraction of sp³-hybridized carbons (Fsp3) is 0.357. The molecule has 2 aromatic carbocycles. The number of nitrogens with two attached hydrogens (primary N) is 1. The number of ether oxygens (including phenoxy) is 1. The van der Waals surface area contributed by atoms with Crippen LogP contribution < -0.4 is 11.1 Å². The van der Waals surface area contributed by atoms with E-state index in [4.69, 9.17) is 10.5 Å². The fourth-order valence-electron chi connectivity index (χ4n) is 4.17. The number of amides is 2. The molecule has 0 unspecified atom stereocenters. The van der Waals surface area contributed by atoms with Gasteiger partial charge in [-0.25, -0.2) is 19.0 Å². The summed E-state index contributed by atoms with van der Waals surface area (Å²) in [5, 5.41) is 22.0. The van der Waals surface area contributed by atoms with Crippen molar-refractivity contribution in [2.24, 2.45) is 11.7 Å². The Morgan fingerprint density at radius 1 is 1.10 bits per heavy atom. The number of aliphatic hydroxyl groups is 1. The van der Waals surface area contributed by atoms with Crippen molar-refractivity contribution in [3.63, 3.8) is 0 Å². The first-order chi connectivity index (χ1) is 18.8. The van der Waals surface area contributed by atoms with Gasteiger partial charge in [0.2, 0.25) is 5.91 Å². The molecule has 5 N–H and O–H groups in total. The summed E-state index contributed by atoms with van der Waals surface area (Å²) in [5.41, 5.74) is 5.79. The summed E-state index contributed by atoms with van der Waals surface area (Å²) in [7, 11) is 0. The minimum Gasteiger partial charge on any atom is -0.473 e. The Morgan fingerprint density at radius 2 is 1.80 bits per heavy atom. The standard InChI is InChI=1S/C28H31FN4O7/c1-28(2,39)11-10-17(24(30)34)14-23(40-27(38)26(36)37)21(13-16-6-5-7-18(29)12-16)33-25(35)22-15-31-19-8-3-4-9-20(19)32-22/h3-9,12,15,17,21,23,39H,10-11,13-14H2,1-2H3,(H2,30,34)(H,33,35)(H,36,37)/t17-,21+,23+/m1/s1. The average molecular weight is 555 g/mol. The zero-order chi connectivity index (χ0) is 29.4. The van der Waals surface area contributed by atoms with Crippen molar-refractivity contribution in [3.05, 3.63) is 71.8 Å². The van der Waals surface area contributed by atoms with Crippen LogP contribution in [0.3, 0.4) is 0 Å². The Morgan fingerprint density at radius 3 is 2.42 bits per heavy atom. The highest BCUT2D eigenvalue weighted by atomic mass is 19.1. The van der Waals surface area contributed by atoms with Gasteiger partial charge in [0.05, 0.1) is 28.9 Å². The number of esters is 1. The summed E-state index contributed by atoms with van der Waals surface area (Å²) < 4.78 is 19.2. The van der Waals surface area contributed by atoms with Gasteiger partial charge in [-0.2, -0.15) is 0 Å². The second-order valence-electron chi connectivity index (χ2n) is 10.1. The van der Waals surface area contributed by atoms with Gasteiger partial charge in [0.25, 0.3) is 5.91 Å². The number of hydrogen-bond acceptors (Lipinski definition) is 8. The lowest BCUT2D eigenvalue weighted by Gasteiger charge is -2.30. The Hall–Kier alpha value is -4.45. The van der Waals surface area contributed by atoms with Gasteiger partial charge in [0.15, 0.2) is 0 Å². The van der Waals surface area contributed by atoms with Crippen molar-refractivity contribution in [1.29, 1.82) is 0 Å². The topological polar surface area (TPSA) is 182 Å². The van der Waals surface area contributed by atoms with Crippen molar-refractivity contribution in [3.8, 4) is 0 Å². The fourth-order valence-corrected chi connectivity index (χ4v) is 4.17. The first-order valence-corrected chi connectivity index (χ1v) is 12.5. The molecule has 3 aromatic rings. The highest BCUT2D eigenvalue weighted by Crippen LogP contribution is 2.24. The molecule has 0 bridgehead atoms. The number of benzene rings is 2. The normalized spacial score (nSPS) is 13.7. The van der Waals surface area contributed by atoms with Gasteiger partial charge in [-0.1, -0.05) is 24.3 Å². The Kier molecular flexibility index (Phi) is 9.83. The van der Waals surface area contributed by atoms with Crippen LogP contribution in [0.4, 0.5) is 4.39 Å². The quantitative estimate of drug-likeness (QED) is 0.193. The number of carboxylic acids is 1. The number of nitrogens with zero attached hydrogens (tertiary/aromatic N) is 2. The summed E-state index contributed by atoms with van der Waals surface area (Å²) in [5.74, 6) is -6.49. The molecule has 0 saturated carbocycles. The van der Waals surface area contributed by atoms with Crippen LogP contribution >= 0.6 is 0 Å². The molecule has 0 aliphatic heterocycles. The van der Waals surface area contributed by atoms with E-state index in [-0.39, 0.29) is 31.4 Å². The van der Waals surface area contributed by atoms with Gasteiger partial charge in [0.1, 0.15) is 17.6 Å². The van der Waals surface area contributed by atoms with Crippen LogP contribution in [0.2, 0.25) is 0 Å². The molecule has 0 spiro atoms. The van der Waals surface area contributed by atoms with Crippen LogP contribution in [0.15, 0.2) is 54.7 Å². The zero-order valence-corrected chi connectivity index (χ0v) is 22.0. The molecule has 0 aliphatic carbocycles. The average Bonchev–Trinajstić information content (AvgIpc) is 2.88. The molecule has 2 amide bonds. The molecule has 3 atom stereocenters. The number of aromatic nitrogens is 2. The summed E-state index contributed by atoms with van der Waals surface area (Å²) in [4.78, 5) is 57.6. The maximum atomic E-state index is 14.0. The number of carbonyl (C=O) groups excluding carboxylic acids is 3. The van der Waals surface area contributed by atoms with Gasteiger partial charge in [-0.15, -0.1) is 0 Å². The maximum absolute atomic E-state index is 14.0. The molecule has 0 fully saturated rings. The van der Waals surface area contributed by atoms with Crippen molar-refractivity contribution in [1.82, 2.24) is 15.3 Å². The van der Waals surface area contributed by atoms with Gasteiger partial charge in [-0.3, -0.25) is 14.6 Å². The third-order valence-electron chi connectivity index (χ3n) is 6.25. The minimum absolute atomic E-state index is 0.0697. The van der Waals surface area contributed by atoms with Gasteiger partial charge < -0.3 is 26.0 Å². The number of primary amides is 1. The predicted molar refractivity (Wildman–Crippen MR) is 141 cm³/mol. The molecule has 1 heterocycles. The smallest absolute Gasteiger partial charge is 0.417 e. The first-order valence-electron chi connectivity index (χ1n) is 12.5. The highest BCUT2D eigenvalue weighted by Gasteiger charge is 2.34. The second kappa shape index (κ2) is 13.1. The molecular weight excluding hydrogens is 523 g/mol. The monoisotopic (exact) mass is 554 g/mol. The lowest BCUT2D eigenvalue weighted by Crippen LogP contribution is -2.49. The SMILES string of the molecule is CC(C)(O)CC[C@H](C[C@H](OC(=O)C(=O)O)[C@H](Cc1cccc(F)c1)NC(=O)c1cnc2ccccc2n1)C(N)=O. The van der Waals surface area contributed by atoms with E-state index >= 15 is 0 Å². The van der Waals surface area contributed by atoms with Crippen molar-refractivity contribution < 1.29 is 38.5 Å². The van der Waals surface area contributed by atoms with E-state index in [0.29, 0.717) is 16.6 Å². The summed E-state index contributed by atoms with van der Waals surface area (Å²) in [6.45, 7) is 3.09. The molecule has 40 heavy (non-hydrogen) atoms.